The van der Waals surface area contributed by atoms with E-state index in [0.717, 1.165) is 44.2 Å². The molecule has 1 N–H and O–H groups in total. The lowest BCUT2D eigenvalue weighted by atomic mass is 9.89. The van der Waals surface area contributed by atoms with Crippen LogP contribution in [0.25, 0.3) is 0 Å². The average molecular weight is 367 g/mol. The van der Waals surface area contributed by atoms with E-state index in [4.69, 9.17) is 0 Å². The lowest BCUT2D eigenvalue weighted by Gasteiger charge is -2.31. The summed E-state index contributed by atoms with van der Waals surface area (Å²) in [6.07, 6.45) is 8.59. The maximum atomic E-state index is 13.3. The van der Waals surface area contributed by atoms with Crippen LogP contribution in [0.3, 0.4) is 0 Å². The van der Waals surface area contributed by atoms with E-state index in [1.165, 1.54) is 18.9 Å². The summed E-state index contributed by atoms with van der Waals surface area (Å²) >= 11 is 0. The highest BCUT2D eigenvalue weighted by Crippen LogP contribution is 2.34. The highest BCUT2D eigenvalue weighted by molar-refractivity contribution is 5.85. The zero-order valence-electron chi connectivity index (χ0n) is 14.6. The summed E-state index contributed by atoms with van der Waals surface area (Å²) < 4.78 is 13.3. The Morgan fingerprint density at radius 1 is 1.16 bits per heavy atom. The van der Waals surface area contributed by atoms with Gasteiger partial charge in [0, 0.05) is 31.1 Å². The van der Waals surface area contributed by atoms with Crippen LogP contribution in [-0.4, -0.2) is 35.5 Å². The summed E-state index contributed by atoms with van der Waals surface area (Å²) in [4.78, 5) is 14.9. The molecule has 3 aliphatic rings. The van der Waals surface area contributed by atoms with E-state index in [0.29, 0.717) is 36.4 Å². The minimum Gasteiger partial charge on any atom is -0.339 e. The van der Waals surface area contributed by atoms with Crippen molar-refractivity contribution in [3.63, 3.8) is 0 Å². The van der Waals surface area contributed by atoms with E-state index in [2.05, 4.69) is 10.2 Å². The Balaban J connectivity index is 0.00000182. The first kappa shape index (κ1) is 18.7. The van der Waals surface area contributed by atoms with Gasteiger partial charge in [0.25, 0.3) is 0 Å². The molecule has 2 bridgehead atoms. The van der Waals surface area contributed by atoms with Gasteiger partial charge >= 0.3 is 0 Å². The fraction of sp³-hybridized carbons (Fsp3) is 0.650. The van der Waals surface area contributed by atoms with Crippen molar-refractivity contribution in [1.82, 2.24) is 10.2 Å². The van der Waals surface area contributed by atoms with Crippen LogP contribution in [0.4, 0.5) is 4.39 Å². The van der Waals surface area contributed by atoms with Gasteiger partial charge in [0.15, 0.2) is 0 Å². The molecule has 0 radical (unpaired) electrons. The van der Waals surface area contributed by atoms with Crippen LogP contribution in [0.5, 0.6) is 0 Å². The van der Waals surface area contributed by atoms with Gasteiger partial charge < -0.3 is 10.2 Å². The maximum absolute atomic E-state index is 13.3. The fourth-order valence-corrected chi connectivity index (χ4v) is 4.55. The van der Waals surface area contributed by atoms with Crippen molar-refractivity contribution in [3.05, 3.63) is 35.6 Å². The fourth-order valence-electron chi connectivity index (χ4n) is 4.55. The molecule has 3 fully saturated rings. The predicted molar refractivity (Wildman–Crippen MR) is 99.4 cm³/mol. The van der Waals surface area contributed by atoms with Gasteiger partial charge in [0.05, 0.1) is 0 Å². The molecule has 2 unspecified atom stereocenters. The van der Waals surface area contributed by atoms with Gasteiger partial charge in [-0.3, -0.25) is 4.79 Å². The zero-order valence-corrected chi connectivity index (χ0v) is 15.4. The first-order chi connectivity index (χ1) is 11.7. The summed E-state index contributed by atoms with van der Waals surface area (Å²) in [6, 6.07) is 8.47. The summed E-state index contributed by atoms with van der Waals surface area (Å²) in [7, 11) is 0. The number of hydrogen-bond acceptors (Lipinski definition) is 2. The number of carbonyl (C=O) groups excluding carboxylic acids is 1. The minimum absolute atomic E-state index is 0. The van der Waals surface area contributed by atoms with Crippen molar-refractivity contribution in [2.24, 2.45) is 5.92 Å². The summed E-state index contributed by atoms with van der Waals surface area (Å²) in [6.45, 7) is 0.727. The highest BCUT2D eigenvalue weighted by Gasteiger charge is 2.37. The second-order valence-corrected chi connectivity index (χ2v) is 7.88. The Morgan fingerprint density at radius 2 is 1.88 bits per heavy atom. The normalized spacial score (nSPS) is 27.6. The second kappa shape index (κ2) is 8.05. The van der Waals surface area contributed by atoms with Gasteiger partial charge in [-0.15, -0.1) is 12.4 Å². The number of fused-ring (bicyclic) bond motifs is 2. The zero-order chi connectivity index (χ0) is 16.5. The van der Waals surface area contributed by atoms with Crippen LogP contribution in [0.15, 0.2) is 24.3 Å². The van der Waals surface area contributed by atoms with Gasteiger partial charge in [-0.25, -0.2) is 4.39 Å². The molecule has 2 atom stereocenters. The number of benzene rings is 1. The largest absolute Gasteiger partial charge is 0.339 e. The molecule has 138 valence electrons. The molecule has 1 aromatic rings. The Hall–Kier alpha value is -1.13. The Bertz CT molecular complexity index is 595. The first-order valence-corrected chi connectivity index (χ1v) is 9.47. The van der Waals surface area contributed by atoms with Gasteiger partial charge in [-0.05, 0) is 68.6 Å². The summed E-state index contributed by atoms with van der Waals surface area (Å²) in [5.41, 5.74) is 0.980. The van der Waals surface area contributed by atoms with E-state index >= 15 is 0 Å². The third-order valence-corrected chi connectivity index (χ3v) is 5.87. The van der Waals surface area contributed by atoms with Gasteiger partial charge in [0.2, 0.25) is 5.91 Å². The van der Waals surface area contributed by atoms with Gasteiger partial charge in [-0.2, -0.15) is 0 Å². The molecule has 5 heteroatoms. The molecule has 0 spiro atoms. The van der Waals surface area contributed by atoms with Crippen molar-refractivity contribution in [2.75, 3.05) is 6.54 Å². The molecule has 2 aliphatic heterocycles. The van der Waals surface area contributed by atoms with Crippen LogP contribution in [0, 0.1) is 11.7 Å². The number of hydrogen-bond donors (Lipinski definition) is 1. The van der Waals surface area contributed by atoms with E-state index in [1.807, 2.05) is 6.07 Å². The smallest absolute Gasteiger partial charge is 0.223 e. The van der Waals surface area contributed by atoms with Crippen molar-refractivity contribution >= 4 is 18.3 Å². The van der Waals surface area contributed by atoms with Crippen LogP contribution in [0.1, 0.15) is 50.5 Å². The van der Waals surface area contributed by atoms with Crippen molar-refractivity contribution in [2.45, 2.75) is 69.5 Å². The molecular weight excluding hydrogens is 339 g/mol. The SMILES string of the molecule is Cl.O=C(CC1CC2CCC(C1)N2)N(CCc1cccc(F)c1)C1CC1. The Kier molecular flexibility index (Phi) is 6.00. The molecule has 1 aliphatic carbocycles. The number of halogens is 2. The highest BCUT2D eigenvalue weighted by atomic mass is 35.5. The van der Waals surface area contributed by atoms with Crippen LogP contribution in [0.2, 0.25) is 0 Å². The molecule has 2 heterocycles. The molecule has 1 amide bonds. The molecule has 1 aromatic carbocycles. The number of nitrogens with one attached hydrogen (secondary N) is 1. The van der Waals surface area contributed by atoms with E-state index in [-0.39, 0.29) is 18.2 Å². The lowest BCUT2D eigenvalue weighted by Crippen LogP contribution is -2.41. The predicted octanol–water partition coefficient (Wildman–Crippen LogP) is 3.70. The molecule has 3 nitrogen and oxygen atoms in total. The van der Waals surface area contributed by atoms with Gasteiger partial charge in [-0.1, -0.05) is 12.1 Å². The number of rotatable bonds is 6. The number of amides is 1. The van der Waals surface area contributed by atoms with Crippen molar-refractivity contribution in [1.29, 1.82) is 0 Å². The van der Waals surface area contributed by atoms with Crippen molar-refractivity contribution < 1.29 is 9.18 Å². The Labute approximate surface area is 155 Å². The molecule has 0 aromatic heterocycles. The maximum Gasteiger partial charge on any atom is 0.223 e. The summed E-state index contributed by atoms with van der Waals surface area (Å²) in [5, 5.41) is 3.65. The number of piperidine rings is 1. The quantitative estimate of drug-likeness (QED) is 0.832. The number of nitrogens with zero attached hydrogens (tertiary/aromatic N) is 1. The topological polar surface area (TPSA) is 32.3 Å². The monoisotopic (exact) mass is 366 g/mol. The third kappa shape index (κ3) is 4.73. The van der Waals surface area contributed by atoms with E-state index < -0.39 is 0 Å². The van der Waals surface area contributed by atoms with Crippen LogP contribution < -0.4 is 5.32 Å². The first-order valence-electron chi connectivity index (χ1n) is 9.47. The molecule has 4 rings (SSSR count). The van der Waals surface area contributed by atoms with Gasteiger partial charge in [0.1, 0.15) is 5.82 Å². The van der Waals surface area contributed by atoms with E-state index in [1.54, 1.807) is 12.1 Å². The average Bonchev–Trinajstić information content (AvgIpc) is 3.32. The molecule has 1 saturated carbocycles. The van der Waals surface area contributed by atoms with Crippen molar-refractivity contribution in [3.8, 4) is 0 Å². The molecule has 25 heavy (non-hydrogen) atoms. The minimum atomic E-state index is -0.193. The Morgan fingerprint density at radius 3 is 2.52 bits per heavy atom. The molecular formula is C20H28ClFN2O. The standard InChI is InChI=1S/C20H27FN2O.ClH/c21-16-3-1-2-14(10-16)8-9-23(19-6-7-19)20(24)13-15-11-17-4-5-18(12-15)22-17;/h1-3,10,15,17-19,22H,4-9,11-13H2;1H. The summed E-state index contributed by atoms with van der Waals surface area (Å²) in [5.74, 6) is 0.675. The lowest BCUT2D eigenvalue weighted by molar-refractivity contribution is -0.133. The van der Waals surface area contributed by atoms with Crippen LogP contribution >= 0.6 is 12.4 Å². The molecule has 2 saturated heterocycles. The third-order valence-electron chi connectivity index (χ3n) is 5.87. The number of carbonyl (C=O) groups is 1. The second-order valence-electron chi connectivity index (χ2n) is 7.88. The van der Waals surface area contributed by atoms with E-state index in [9.17, 15) is 9.18 Å². The van der Waals surface area contributed by atoms with Crippen LogP contribution in [-0.2, 0) is 11.2 Å².